The van der Waals surface area contributed by atoms with Crippen LogP contribution in [0.1, 0.15) is 50.2 Å². The first-order valence-corrected chi connectivity index (χ1v) is 7.61. The molecule has 1 aromatic rings. The quantitative estimate of drug-likeness (QED) is 0.883. The van der Waals surface area contributed by atoms with E-state index in [-0.39, 0.29) is 23.3 Å². The van der Waals surface area contributed by atoms with Gasteiger partial charge >= 0.3 is 0 Å². The second-order valence-electron chi connectivity index (χ2n) is 4.99. The van der Waals surface area contributed by atoms with Crippen molar-refractivity contribution in [2.24, 2.45) is 0 Å². The van der Waals surface area contributed by atoms with Gasteiger partial charge in [-0.2, -0.15) is 0 Å². The minimum atomic E-state index is -3.21. The normalized spacial score (nSPS) is 21.8. The summed E-state index contributed by atoms with van der Waals surface area (Å²) in [6.07, 6.45) is 0.816. The number of sulfone groups is 1. The number of aromatic hydroxyl groups is 1. The molecular weight excluding hydrogens is 236 g/mol. The van der Waals surface area contributed by atoms with Crippen LogP contribution < -0.4 is 0 Å². The Labute approximate surface area is 102 Å². The van der Waals surface area contributed by atoms with Gasteiger partial charge < -0.3 is 5.11 Å². The molecule has 94 valence electrons. The van der Waals surface area contributed by atoms with Gasteiger partial charge in [0.05, 0.1) is 10.6 Å². The lowest BCUT2D eigenvalue weighted by Gasteiger charge is -2.16. The third kappa shape index (κ3) is 1.95. The van der Waals surface area contributed by atoms with Crippen molar-refractivity contribution in [3.05, 3.63) is 23.3 Å². The molecule has 0 fully saturated rings. The minimum Gasteiger partial charge on any atom is -0.508 e. The largest absolute Gasteiger partial charge is 0.508 e. The number of phenolic OH excluding ortho intramolecular Hbond substituents is 1. The van der Waals surface area contributed by atoms with E-state index in [1.54, 1.807) is 6.07 Å². The second kappa shape index (κ2) is 4.02. The Balaban J connectivity index is 2.76. The summed E-state index contributed by atoms with van der Waals surface area (Å²) in [4.78, 5) is 0.341. The summed E-state index contributed by atoms with van der Waals surface area (Å²) in [5.41, 5.74) is 1.90. The molecule has 2 rings (SSSR count). The zero-order valence-electron chi connectivity index (χ0n) is 10.4. The number of benzene rings is 1. The van der Waals surface area contributed by atoms with Crippen molar-refractivity contribution in [2.75, 3.05) is 5.75 Å². The molecule has 0 spiro atoms. The molecule has 0 aliphatic carbocycles. The van der Waals surface area contributed by atoms with Crippen LogP contribution in [0.5, 0.6) is 5.75 Å². The average molecular weight is 254 g/mol. The van der Waals surface area contributed by atoms with Gasteiger partial charge in [0.15, 0.2) is 9.84 Å². The SMILES string of the molecule is CCC1CS(=O)(=O)c2cc(O)cc(C(C)C)c21. The molecule has 1 aromatic carbocycles. The highest BCUT2D eigenvalue weighted by Gasteiger charge is 2.36. The van der Waals surface area contributed by atoms with E-state index < -0.39 is 9.84 Å². The smallest absolute Gasteiger partial charge is 0.179 e. The van der Waals surface area contributed by atoms with Crippen molar-refractivity contribution < 1.29 is 13.5 Å². The maximum absolute atomic E-state index is 12.0. The van der Waals surface area contributed by atoms with Gasteiger partial charge in [0, 0.05) is 0 Å². The Hall–Kier alpha value is -1.03. The summed E-state index contributed by atoms with van der Waals surface area (Å²) >= 11 is 0. The maximum Gasteiger partial charge on any atom is 0.179 e. The summed E-state index contributed by atoms with van der Waals surface area (Å²) in [6, 6.07) is 3.10. The van der Waals surface area contributed by atoms with Gasteiger partial charge in [-0.15, -0.1) is 0 Å². The van der Waals surface area contributed by atoms with Gasteiger partial charge in [0.1, 0.15) is 5.75 Å². The molecule has 1 heterocycles. The molecule has 1 atom stereocenters. The fourth-order valence-electron chi connectivity index (χ4n) is 2.56. The van der Waals surface area contributed by atoms with Crippen LogP contribution in [0.15, 0.2) is 17.0 Å². The first-order valence-electron chi connectivity index (χ1n) is 5.96. The molecule has 17 heavy (non-hydrogen) atoms. The topological polar surface area (TPSA) is 54.4 Å². The summed E-state index contributed by atoms with van der Waals surface area (Å²) in [5.74, 6) is 0.529. The molecule has 1 N–H and O–H groups in total. The van der Waals surface area contributed by atoms with Gasteiger partial charge in [-0.1, -0.05) is 20.8 Å². The van der Waals surface area contributed by atoms with E-state index in [0.29, 0.717) is 4.90 Å². The van der Waals surface area contributed by atoms with Crippen molar-refractivity contribution in [1.82, 2.24) is 0 Å². The maximum atomic E-state index is 12.0. The second-order valence-corrected chi connectivity index (χ2v) is 6.99. The highest BCUT2D eigenvalue weighted by atomic mass is 32.2. The van der Waals surface area contributed by atoms with Crippen LogP contribution in [0.4, 0.5) is 0 Å². The molecule has 1 unspecified atom stereocenters. The van der Waals surface area contributed by atoms with Crippen LogP contribution in [-0.4, -0.2) is 19.3 Å². The molecule has 0 aromatic heterocycles. The van der Waals surface area contributed by atoms with Crippen molar-refractivity contribution in [3.63, 3.8) is 0 Å². The van der Waals surface area contributed by atoms with E-state index in [4.69, 9.17) is 0 Å². The first kappa shape index (κ1) is 12.4. The van der Waals surface area contributed by atoms with Crippen molar-refractivity contribution >= 4 is 9.84 Å². The Bertz CT molecular complexity index is 544. The van der Waals surface area contributed by atoms with Gasteiger partial charge in [-0.05, 0) is 41.5 Å². The zero-order valence-corrected chi connectivity index (χ0v) is 11.2. The van der Waals surface area contributed by atoms with Crippen molar-refractivity contribution in [2.45, 2.75) is 43.9 Å². The first-order chi connectivity index (χ1) is 7.86. The van der Waals surface area contributed by atoms with E-state index >= 15 is 0 Å². The van der Waals surface area contributed by atoms with E-state index in [2.05, 4.69) is 0 Å². The number of phenols is 1. The predicted molar refractivity (Wildman–Crippen MR) is 67.3 cm³/mol. The average Bonchev–Trinajstić information content (AvgIpc) is 2.49. The van der Waals surface area contributed by atoms with Crippen LogP contribution in [0.2, 0.25) is 0 Å². The standard InChI is InChI=1S/C13H18O3S/c1-4-9-7-17(15,16)12-6-10(14)5-11(8(2)3)13(9)12/h5-6,8-9,14H,4,7H2,1-3H3. The molecule has 0 amide bonds. The van der Waals surface area contributed by atoms with Crippen LogP contribution in [0, 0.1) is 0 Å². The Morgan fingerprint density at radius 1 is 1.41 bits per heavy atom. The summed E-state index contributed by atoms with van der Waals surface area (Å²) in [7, 11) is -3.21. The summed E-state index contributed by atoms with van der Waals surface area (Å²) < 4.78 is 24.1. The molecule has 0 saturated carbocycles. The van der Waals surface area contributed by atoms with Crippen LogP contribution in [-0.2, 0) is 9.84 Å². The fourth-order valence-corrected chi connectivity index (χ4v) is 4.60. The van der Waals surface area contributed by atoms with Crippen LogP contribution >= 0.6 is 0 Å². The summed E-state index contributed by atoms with van der Waals surface area (Å²) in [5, 5.41) is 9.65. The third-order valence-corrected chi connectivity index (χ3v) is 5.29. The number of fused-ring (bicyclic) bond motifs is 1. The van der Waals surface area contributed by atoms with E-state index in [1.165, 1.54) is 6.07 Å². The van der Waals surface area contributed by atoms with Gasteiger partial charge in [0.25, 0.3) is 0 Å². The van der Waals surface area contributed by atoms with Gasteiger partial charge in [-0.25, -0.2) is 8.42 Å². The number of hydrogen-bond donors (Lipinski definition) is 1. The molecule has 4 heteroatoms. The van der Waals surface area contributed by atoms with E-state index in [9.17, 15) is 13.5 Å². The summed E-state index contributed by atoms with van der Waals surface area (Å²) in [6.45, 7) is 6.05. The minimum absolute atomic E-state index is 0.0489. The zero-order chi connectivity index (χ0) is 12.8. The lowest BCUT2D eigenvalue weighted by molar-refractivity contribution is 0.471. The molecule has 1 aliphatic heterocycles. The van der Waals surface area contributed by atoms with Crippen molar-refractivity contribution in [1.29, 1.82) is 0 Å². The highest BCUT2D eigenvalue weighted by Crippen LogP contribution is 2.43. The molecule has 3 nitrogen and oxygen atoms in total. The van der Waals surface area contributed by atoms with E-state index in [0.717, 1.165) is 17.5 Å². The Morgan fingerprint density at radius 2 is 2.06 bits per heavy atom. The predicted octanol–water partition coefficient (Wildman–Crippen LogP) is 2.80. The lowest BCUT2D eigenvalue weighted by atomic mass is 9.88. The van der Waals surface area contributed by atoms with Crippen molar-refractivity contribution in [3.8, 4) is 5.75 Å². The Morgan fingerprint density at radius 3 is 2.59 bits per heavy atom. The molecule has 0 bridgehead atoms. The van der Waals surface area contributed by atoms with Crippen LogP contribution in [0.3, 0.4) is 0 Å². The third-order valence-electron chi connectivity index (χ3n) is 3.44. The molecule has 0 saturated heterocycles. The Kier molecular flexibility index (Phi) is 2.94. The number of hydrogen-bond acceptors (Lipinski definition) is 3. The van der Waals surface area contributed by atoms with E-state index in [1.807, 2.05) is 20.8 Å². The molecule has 1 aliphatic rings. The lowest BCUT2D eigenvalue weighted by Crippen LogP contribution is -2.03. The highest BCUT2D eigenvalue weighted by molar-refractivity contribution is 7.91. The fraction of sp³-hybridized carbons (Fsp3) is 0.538. The van der Waals surface area contributed by atoms with Gasteiger partial charge in [-0.3, -0.25) is 0 Å². The molecule has 0 radical (unpaired) electrons. The number of rotatable bonds is 2. The van der Waals surface area contributed by atoms with Crippen LogP contribution in [0.25, 0.3) is 0 Å². The molecular formula is C13H18O3S. The van der Waals surface area contributed by atoms with Gasteiger partial charge in [0.2, 0.25) is 0 Å². The monoisotopic (exact) mass is 254 g/mol.